The topological polar surface area (TPSA) is 71.1 Å². The van der Waals surface area contributed by atoms with Gasteiger partial charge in [0.15, 0.2) is 0 Å². The van der Waals surface area contributed by atoms with E-state index in [0.717, 1.165) is 32.1 Å². The van der Waals surface area contributed by atoms with Crippen molar-refractivity contribution in [2.45, 2.75) is 59.3 Å². The van der Waals surface area contributed by atoms with Crippen LogP contribution in [0.5, 0.6) is 0 Å². The molecule has 0 aromatic rings. The average molecular weight is 358 g/mol. The van der Waals surface area contributed by atoms with Gasteiger partial charge in [0.2, 0.25) is 0 Å². The first-order chi connectivity index (χ1) is 12.0. The molecule has 0 N–H and O–H groups in total. The molecule has 0 saturated heterocycles. The Balaban J connectivity index is 3.51. The van der Waals surface area contributed by atoms with Crippen molar-refractivity contribution < 1.29 is 28.8 Å². The van der Waals surface area contributed by atoms with Crippen LogP contribution >= 0.6 is 0 Å². The Kier molecular flexibility index (Phi) is 15.2. The molecule has 0 saturated carbocycles. The van der Waals surface area contributed by atoms with Gasteiger partial charge in [-0.15, -0.1) is 6.58 Å². The van der Waals surface area contributed by atoms with Crippen LogP contribution in [0, 0.1) is 11.8 Å². The predicted molar refractivity (Wildman–Crippen MR) is 95.7 cm³/mol. The molecule has 0 spiro atoms. The second-order valence-corrected chi connectivity index (χ2v) is 6.24. The number of carbonyl (C=O) groups is 2. The first kappa shape index (κ1) is 23.6. The smallest absolute Gasteiger partial charge is 0.308 e. The molecule has 146 valence electrons. The minimum Gasteiger partial charge on any atom is -0.462 e. The Morgan fingerprint density at radius 2 is 1.72 bits per heavy atom. The van der Waals surface area contributed by atoms with Crippen molar-refractivity contribution in [2.24, 2.45) is 11.8 Å². The highest BCUT2D eigenvalue weighted by atomic mass is 17.2. The summed E-state index contributed by atoms with van der Waals surface area (Å²) in [4.78, 5) is 33.0. The Hall–Kier alpha value is -1.40. The van der Waals surface area contributed by atoms with E-state index in [1.54, 1.807) is 6.08 Å². The van der Waals surface area contributed by atoms with Gasteiger partial charge in [-0.05, 0) is 25.2 Å². The number of ether oxygens (including phenoxy) is 2. The lowest BCUT2D eigenvalue weighted by Gasteiger charge is -2.15. The van der Waals surface area contributed by atoms with Crippen molar-refractivity contribution in [2.75, 3.05) is 26.4 Å². The minimum absolute atomic E-state index is 0.110. The number of esters is 2. The monoisotopic (exact) mass is 358 g/mol. The molecule has 0 aliphatic carbocycles. The molecule has 2 atom stereocenters. The largest absolute Gasteiger partial charge is 0.462 e. The summed E-state index contributed by atoms with van der Waals surface area (Å²) >= 11 is 0. The zero-order valence-corrected chi connectivity index (χ0v) is 16.0. The molecule has 0 heterocycles. The van der Waals surface area contributed by atoms with Crippen molar-refractivity contribution in [1.82, 2.24) is 0 Å². The fraction of sp³-hybridized carbons (Fsp3) is 0.789. The summed E-state index contributed by atoms with van der Waals surface area (Å²) in [6.07, 6.45) is 6.23. The molecule has 25 heavy (non-hydrogen) atoms. The van der Waals surface area contributed by atoms with Crippen LogP contribution in [-0.2, 0) is 28.8 Å². The van der Waals surface area contributed by atoms with Gasteiger partial charge in [0.1, 0.15) is 19.8 Å². The minimum atomic E-state index is -0.271. The molecule has 0 radical (unpaired) electrons. The van der Waals surface area contributed by atoms with Crippen molar-refractivity contribution in [3.63, 3.8) is 0 Å². The molecule has 6 heteroatoms. The van der Waals surface area contributed by atoms with E-state index in [2.05, 4.69) is 20.4 Å². The molecule has 0 aromatic carbocycles. The molecule has 0 fully saturated rings. The second kappa shape index (κ2) is 16.1. The lowest BCUT2D eigenvalue weighted by atomic mass is 9.95. The maximum absolute atomic E-state index is 11.8. The lowest BCUT2D eigenvalue weighted by Crippen LogP contribution is -2.20. The summed E-state index contributed by atoms with van der Waals surface area (Å²) in [6.45, 7) is 10.7. The number of hydrogen-bond donors (Lipinski definition) is 0. The van der Waals surface area contributed by atoms with Gasteiger partial charge in [0.05, 0.1) is 12.5 Å². The Labute approximate surface area is 151 Å². The van der Waals surface area contributed by atoms with Gasteiger partial charge < -0.3 is 9.47 Å². The number of unbranched alkanes of at least 4 members (excludes halogenated alkanes) is 2. The van der Waals surface area contributed by atoms with Gasteiger partial charge >= 0.3 is 11.9 Å². The van der Waals surface area contributed by atoms with Crippen LogP contribution in [0.1, 0.15) is 59.3 Å². The van der Waals surface area contributed by atoms with E-state index >= 15 is 0 Å². The third-order valence-corrected chi connectivity index (χ3v) is 3.82. The van der Waals surface area contributed by atoms with E-state index in [9.17, 15) is 9.59 Å². The van der Waals surface area contributed by atoms with Gasteiger partial charge in [-0.1, -0.05) is 39.7 Å². The SMILES string of the molecule is C=CCOOCCCCCC(=O)OCCOC(=O)C(C)CC(C)CC. The Morgan fingerprint density at radius 1 is 1.00 bits per heavy atom. The zero-order valence-electron chi connectivity index (χ0n) is 16.0. The van der Waals surface area contributed by atoms with Crippen LogP contribution in [0.3, 0.4) is 0 Å². The fourth-order valence-electron chi connectivity index (χ4n) is 2.14. The zero-order chi connectivity index (χ0) is 18.9. The molecule has 0 aliphatic heterocycles. The highest BCUT2D eigenvalue weighted by Gasteiger charge is 2.17. The van der Waals surface area contributed by atoms with Gasteiger partial charge in [-0.25, -0.2) is 9.78 Å². The van der Waals surface area contributed by atoms with Crippen molar-refractivity contribution in [3.05, 3.63) is 12.7 Å². The van der Waals surface area contributed by atoms with Crippen LogP contribution in [0.2, 0.25) is 0 Å². The summed E-state index contributed by atoms with van der Waals surface area (Å²) in [5.41, 5.74) is 0. The molecule has 2 unspecified atom stereocenters. The summed E-state index contributed by atoms with van der Waals surface area (Å²) in [5, 5.41) is 0. The van der Waals surface area contributed by atoms with Crippen LogP contribution in [-0.4, -0.2) is 38.4 Å². The van der Waals surface area contributed by atoms with Gasteiger partial charge in [-0.2, -0.15) is 0 Å². The Bertz CT molecular complexity index is 369. The molecule has 0 aliphatic rings. The van der Waals surface area contributed by atoms with E-state index in [-0.39, 0.29) is 31.1 Å². The summed E-state index contributed by atoms with van der Waals surface area (Å²) in [6, 6.07) is 0. The van der Waals surface area contributed by atoms with Crippen molar-refractivity contribution in [3.8, 4) is 0 Å². The maximum atomic E-state index is 11.8. The quantitative estimate of drug-likeness (QED) is 0.137. The fourth-order valence-corrected chi connectivity index (χ4v) is 2.14. The first-order valence-corrected chi connectivity index (χ1v) is 9.18. The molecule has 0 rings (SSSR count). The summed E-state index contributed by atoms with van der Waals surface area (Å²) in [7, 11) is 0. The highest BCUT2D eigenvalue weighted by Crippen LogP contribution is 2.15. The first-order valence-electron chi connectivity index (χ1n) is 9.18. The molecule has 0 bridgehead atoms. The van der Waals surface area contributed by atoms with Crippen molar-refractivity contribution >= 4 is 11.9 Å². The van der Waals surface area contributed by atoms with Gasteiger partial charge in [0, 0.05) is 6.42 Å². The van der Waals surface area contributed by atoms with Gasteiger partial charge in [-0.3, -0.25) is 9.59 Å². The van der Waals surface area contributed by atoms with Crippen LogP contribution < -0.4 is 0 Å². The van der Waals surface area contributed by atoms with E-state index in [1.807, 2.05) is 6.92 Å². The number of rotatable bonds is 16. The van der Waals surface area contributed by atoms with Crippen LogP contribution in [0.25, 0.3) is 0 Å². The van der Waals surface area contributed by atoms with E-state index in [1.165, 1.54) is 0 Å². The second-order valence-electron chi connectivity index (χ2n) is 6.24. The normalized spacial score (nSPS) is 13.1. The number of carbonyl (C=O) groups excluding carboxylic acids is 2. The summed E-state index contributed by atoms with van der Waals surface area (Å²) < 4.78 is 10.2. The lowest BCUT2D eigenvalue weighted by molar-refractivity contribution is -0.286. The summed E-state index contributed by atoms with van der Waals surface area (Å²) in [5.74, 6) is -0.120. The predicted octanol–water partition coefficient (Wildman–Crippen LogP) is 3.84. The van der Waals surface area contributed by atoms with E-state index in [4.69, 9.17) is 19.2 Å². The average Bonchev–Trinajstić information content (AvgIpc) is 2.60. The third-order valence-electron chi connectivity index (χ3n) is 3.82. The highest BCUT2D eigenvalue weighted by molar-refractivity contribution is 5.72. The van der Waals surface area contributed by atoms with Crippen LogP contribution in [0.4, 0.5) is 0 Å². The maximum Gasteiger partial charge on any atom is 0.308 e. The molecule has 0 amide bonds. The van der Waals surface area contributed by atoms with Gasteiger partial charge in [0.25, 0.3) is 0 Å². The Morgan fingerprint density at radius 3 is 2.40 bits per heavy atom. The van der Waals surface area contributed by atoms with E-state index in [0.29, 0.717) is 25.6 Å². The van der Waals surface area contributed by atoms with E-state index < -0.39 is 0 Å². The molecular formula is C19H34O6. The van der Waals surface area contributed by atoms with Crippen LogP contribution in [0.15, 0.2) is 12.7 Å². The standard InChI is InChI=1S/C19H34O6/c1-5-11-24-25-12-9-7-8-10-18(20)22-13-14-23-19(21)17(4)15-16(3)6-2/h5,16-17H,1,6-15H2,2-4H3. The van der Waals surface area contributed by atoms with Crippen molar-refractivity contribution in [1.29, 1.82) is 0 Å². The molecule has 0 aromatic heterocycles. The third kappa shape index (κ3) is 14.6. The number of hydrogen-bond acceptors (Lipinski definition) is 6. The molecule has 6 nitrogen and oxygen atoms in total. The molecular weight excluding hydrogens is 324 g/mol.